The summed E-state index contributed by atoms with van der Waals surface area (Å²) < 4.78 is 0. The molecule has 0 aromatic carbocycles. The second-order valence-electron chi connectivity index (χ2n) is 46.0. The van der Waals surface area contributed by atoms with Crippen molar-refractivity contribution in [3.63, 3.8) is 0 Å². The van der Waals surface area contributed by atoms with Gasteiger partial charge in [-0.2, -0.15) is 0 Å². The van der Waals surface area contributed by atoms with Crippen molar-refractivity contribution in [2.75, 3.05) is 0 Å². The molecule has 0 radical (unpaired) electrons. The van der Waals surface area contributed by atoms with Crippen LogP contribution in [0.15, 0.2) is 0 Å². The van der Waals surface area contributed by atoms with Crippen LogP contribution in [0.25, 0.3) is 0 Å². The van der Waals surface area contributed by atoms with E-state index in [2.05, 4.69) is 145 Å². The highest BCUT2D eigenvalue weighted by molar-refractivity contribution is 5.07. The van der Waals surface area contributed by atoms with Crippen molar-refractivity contribution in [2.24, 2.45) is 117 Å². The Kier molecular flexibility index (Phi) is 27.1. The van der Waals surface area contributed by atoms with Crippen LogP contribution in [-0.4, -0.2) is 0 Å². The SMILES string of the molecule is CC(C)(C)C1CCC2(CCCCC2)C1.CC(C)(C)C1CCC2(CCCCCC2)C1.CC(C)(C)C1CCCC12CC2.CC(C)(C)C1CCCC12CCC2.CC(C)(C)C1CCCC12CCCC2.CC(C)(C)C1CCCC12CCCCC2.CC(C)(C)C1CCCC12CCCCCC2. The zero-order valence-electron chi connectivity index (χ0n) is 68.8. The second kappa shape index (κ2) is 31.9. The van der Waals surface area contributed by atoms with E-state index in [1.54, 1.807) is 25.7 Å². The molecule has 0 heteroatoms. The van der Waals surface area contributed by atoms with Crippen LogP contribution < -0.4 is 0 Å². The fourth-order valence-corrected chi connectivity index (χ4v) is 27.6. The van der Waals surface area contributed by atoms with E-state index < -0.39 is 0 Å². The summed E-state index contributed by atoms with van der Waals surface area (Å²) in [6.45, 7) is 51.3. The van der Waals surface area contributed by atoms with Crippen molar-refractivity contribution in [1.29, 1.82) is 0 Å². The Hall–Kier alpha value is 0. The van der Waals surface area contributed by atoms with Gasteiger partial charge in [0, 0.05) is 0 Å². The molecule has 0 aliphatic heterocycles. The molecule has 0 nitrogen and oxygen atoms in total. The fraction of sp³-hybridized carbons (Fsp3) is 1.00. The zero-order valence-corrected chi connectivity index (χ0v) is 68.8. The van der Waals surface area contributed by atoms with Crippen LogP contribution in [0.2, 0.25) is 0 Å². The molecule has 14 aliphatic rings. The third kappa shape index (κ3) is 20.5. The largest absolute Gasteiger partial charge is 0.0599 e. The van der Waals surface area contributed by atoms with Crippen LogP contribution in [0.5, 0.6) is 0 Å². The second-order valence-corrected chi connectivity index (χ2v) is 46.0. The molecule has 0 N–H and O–H groups in total. The van der Waals surface area contributed by atoms with Gasteiger partial charge in [-0.25, -0.2) is 0 Å². The Balaban J connectivity index is 0.000000141. The van der Waals surface area contributed by atoms with Crippen molar-refractivity contribution in [3.05, 3.63) is 0 Å². The maximum atomic E-state index is 2.47. The molecule has 0 aromatic heterocycles. The lowest BCUT2D eigenvalue weighted by atomic mass is 9.56. The molecule has 14 rings (SSSR count). The van der Waals surface area contributed by atoms with Gasteiger partial charge in [-0.05, 0) is 310 Å². The Morgan fingerprint density at radius 1 is 0.160 bits per heavy atom. The molecule has 550 valence electrons. The Morgan fingerprint density at radius 2 is 0.340 bits per heavy atom. The van der Waals surface area contributed by atoms with E-state index in [-0.39, 0.29) is 0 Å². The van der Waals surface area contributed by atoms with Gasteiger partial charge in [0.1, 0.15) is 0 Å². The smallest absolute Gasteiger partial charge is 0.0264 e. The molecule has 14 saturated carbocycles. The van der Waals surface area contributed by atoms with E-state index >= 15 is 0 Å². The Bertz CT molecular complexity index is 2160. The molecule has 7 unspecified atom stereocenters. The minimum atomic E-state index is 0.543. The maximum absolute atomic E-state index is 2.47. The van der Waals surface area contributed by atoms with Crippen LogP contribution >= 0.6 is 0 Å². The standard InChI is InChI=1S/2C15H28.2C14H26.C13H24.C12H22.C11H20/c1-14(2,3)13-9-8-12-15(13)10-6-4-5-7-11-15;1-14(2,3)13-8-11-15(12-13)9-6-4-5-7-10-15;1-13(2,3)12-8-7-11-14(12)9-5-4-6-10-14;1-13(2,3)12-7-10-14(11-12)8-5-4-6-9-14;1-12(2,3)11-7-6-10-13(11)8-4-5-9-13;1-11(2,3)10-6-4-7-12(10)8-5-9-12;1-10(2,3)9-5-4-6-11(9)7-8-11/h2*13H,4-12H2,1-3H3;2*12H,4-11H2,1-3H3;11H,4-10H2,1-3H3;10H,4-9H2,1-3H3;9H,4-8H2,1-3H3. The average molecular weight is 1300 g/mol. The van der Waals surface area contributed by atoms with Crippen molar-refractivity contribution in [2.45, 2.75) is 479 Å². The lowest BCUT2D eigenvalue weighted by Gasteiger charge is -2.49. The Morgan fingerprint density at radius 3 is 0.511 bits per heavy atom. The Labute approximate surface area is 593 Å². The summed E-state index contributed by atoms with van der Waals surface area (Å²) in [6.07, 6.45) is 79.0. The van der Waals surface area contributed by atoms with Crippen LogP contribution in [0, 0.1) is 117 Å². The first-order chi connectivity index (χ1) is 43.8. The minimum absolute atomic E-state index is 0.543. The molecule has 14 aliphatic carbocycles. The molecule has 0 amide bonds. The third-order valence-electron chi connectivity index (χ3n) is 32.5. The molecular weight excluding hydrogens is 1130 g/mol. The van der Waals surface area contributed by atoms with Gasteiger partial charge in [-0.3, -0.25) is 0 Å². The summed E-state index contributed by atoms with van der Waals surface area (Å²) in [5.74, 6) is 7.09. The molecular formula is C94H174. The summed E-state index contributed by atoms with van der Waals surface area (Å²) in [6, 6.07) is 0. The van der Waals surface area contributed by atoms with Crippen LogP contribution in [-0.2, 0) is 0 Å². The summed E-state index contributed by atoms with van der Waals surface area (Å²) in [7, 11) is 0. The van der Waals surface area contributed by atoms with Gasteiger partial charge in [0.15, 0.2) is 0 Å². The molecule has 0 heterocycles. The van der Waals surface area contributed by atoms with Gasteiger partial charge in [0.2, 0.25) is 0 Å². The van der Waals surface area contributed by atoms with Gasteiger partial charge in [0.05, 0.1) is 0 Å². The van der Waals surface area contributed by atoms with Crippen molar-refractivity contribution in [1.82, 2.24) is 0 Å². The first-order valence-corrected chi connectivity index (χ1v) is 43.8. The van der Waals surface area contributed by atoms with E-state index in [4.69, 9.17) is 0 Å². The first kappa shape index (κ1) is 79.7. The van der Waals surface area contributed by atoms with E-state index in [0.717, 1.165) is 79.3 Å². The summed E-state index contributed by atoms with van der Waals surface area (Å²) >= 11 is 0. The van der Waals surface area contributed by atoms with Gasteiger partial charge in [-0.1, -0.05) is 287 Å². The predicted molar refractivity (Wildman–Crippen MR) is 418 cm³/mol. The highest BCUT2D eigenvalue weighted by atomic mass is 14.6. The highest BCUT2D eigenvalue weighted by Crippen LogP contribution is 2.67. The maximum Gasteiger partial charge on any atom is -0.0264 e. The van der Waals surface area contributed by atoms with E-state index in [0.29, 0.717) is 37.9 Å². The van der Waals surface area contributed by atoms with Crippen molar-refractivity contribution < 1.29 is 0 Å². The first-order valence-electron chi connectivity index (χ1n) is 43.8. The molecule has 94 heavy (non-hydrogen) atoms. The number of hydrogen-bond acceptors (Lipinski definition) is 0. The van der Waals surface area contributed by atoms with E-state index in [9.17, 15) is 0 Å². The van der Waals surface area contributed by atoms with Crippen molar-refractivity contribution in [3.8, 4) is 0 Å². The molecule has 14 fully saturated rings. The van der Waals surface area contributed by atoms with Crippen LogP contribution in [0.3, 0.4) is 0 Å². The lowest BCUT2D eigenvalue weighted by Crippen LogP contribution is -2.39. The average Bonchev–Trinajstić information content (AvgIpc) is 1.57. The fourth-order valence-electron chi connectivity index (χ4n) is 27.6. The summed E-state index contributed by atoms with van der Waals surface area (Å²) in [4.78, 5) is 0. The number of hydrogen-bond donors (Lipinski definition) is 0. The minimum Gasteiger partial charge on any atom is -0.0599 e. The van der Waals surface area contributed by atoms with Crippen LogP contribution in [0.4, 0.5) is 0 Å². The van der Waals surface area contributed by atoms with Gasteiger partial charge in [0.25, 0.3) is 0 Å². The van der Waals surface area contributed by atoms with Crippen LogP contribution in [0.1, 0.15) is 479 Å². The summed E-state index contributed by atoms with van der Waals surface area (Å²) in [5, 5.41) is 0. The van der Waals surface area contributed by atoms with E-state index in [1.165, 1.54) is 308 Å². The third-order valence-corrected chi connectivity index (χ3v) is 32.5. The molecule has 7 atom stereocenters. The van der Waals surface area contributed by atoms with Gasteiger partial charge in [-0.15, -0.1) is 0 Å². The normalized spacial score (nSPS) is 32.7. The monoisotopic (exact) mass is 1300 g/mol. The number of rotatable bonds is 0. The molecule has 0 saturated heterocycles. The quantitative estimate of drug-likeness (QED) is 0.227. The topological polar surface area (TPSA) is 0 Å². The molecule has 0 aromatic rings. The van der Waals surface area contributed by atoms with Crippen molar-refractivity contribution >= 4 is 0 Å². The highest BCUT2D eigenvalue weighted by Gasteiger charge is 2.56. The van der Waals surface area contributed by atoms with Gasteiger partial charge >= 0.3 is 0 Å². The molecule has 7 spiro atoms. The van der Waals surface area contributed by atoms with Gasteiger partial charge < -0.3 is 0 Å². The zero-order chi connectivity index (χ0) is 68.8. The summed E-state index contributed by atoms with van der Waals surface area (Å²) in [5.41, 5.74) is 9.47. The lowest BCUT2D eigenvalue weighted by molar-refractivity contribution is 0.0127. The molecule has 0 bridgehead atoms. The predicted octanol–water partition coefficient (Wildman–Crippen LogP) is 31.9. The van der Waals surface area contributed by atoms with E-state index in [1.807, 2.05) is 0 Å².